The van der Waals surface area contributed by atoms with Gasteiger partial charge in [-0.15, -0.1) is 0 Å². The number of carbonyl (C=O) groups excluding carboxylic acids is 2. The molecule has 0 aliphatic carbocycles. The number of aryl methyl sites for hydroxylation is 1. The van der Waals surface area contributed by atoms with E-state index in [-0.39, 0.29) is 30.2 Å². The minimum atomic E-state index is -0.503. The highest BCUT2D eigenvalue weighted by atomic mass is 35.5. The number of nitrogens with one attached hydrogen (secondary N) is 1. The van der Waals surface area contributed by atoms with E-state index in [0.717, 1.165) is 28.5 Å². The van der Waals surface area contributed by atoms with E-state index in [1.807, 2.05) is 43.5 Å². The van der Waals surface area contributed by atoms with Crippen LogP contribution in [0.1, 0.15) is 46.8 Å². The van der Waals surface area contributed by atoms with Gasteiger partial charge in [0.25, 0.3) is 11.6 Å². The topological polar surface area (TPSA) is 99.6 Å². The molecule has 0 radical (unpaired) electrons. The van der Waals surface area contributed by atoms with Gasteiger partial charge in [0.2, 0.25) is 5.91 Å². The van der Waals surface area contributed by atoms with Crippen molar-refractivity contribution in [3.05, 3.63) is 109 Å². The second-order valence-corrected chi connectivity index (χ2v) is 10.8. The third-order valence-electron chi connectivity index (χ3n) is 7.08. The van der Waals surface area contributed by atoms with Crippen molar-refractivity contribution in [3.63, 3.8) is 0 Å². The predicted octanol–water partition coefficient (Wildman–Crippen LogP) is 7.21. The summed E-state index contributed by atoms with van der Waals surface area (Å²) in [4.78, 5) is 44.8. The van der Waals surface area contributed by atoms with Gasteiger partial charge in [-0.1, -0.05) is 66.9 Å². The number of amides is 2. The van der Waals surface area contributed by atoms with E-state index >= 15 is 0 Å². The number of fused-ring (bicyclic) bond motifs is 1. The summed E-state index contributed by atoms with van der Waals surface area (Å²) in [7, 11) is 0. The van der Waals surface area contributed by atoms with Gasteiger partial charge in [0, 0.05) is 53.9 Å². The van der Waals surface area contributed by atoms with Crippen LogP contribution < -0.4 is 0 Å². The normalized spacial score (nSPS) is 11.0. The molecule has 214 valence electrons. The summed E-state index contributed by atoms with van der Waals surface area (Å²) in [5.41, 5.74) is 3.44. The number of H-pyrrole nitrogens is 1. The van der Waals surface area contributed by atoms with Gasteiger partial charge in [-0.3, -0.25) is 19.7 Å². The molecule has 0 saturated carbocycles. The summed E-state index contributed by atoms with van der Waals surface area (Å²) < 4.78 is 0. The van der Waals surface area contributed by atoms with Gasteiger partial charge in [0.05, 0.1) is 15.0 Å². The minimum absolute atomic E-state index is 0.127. The number of unbranched alkanes of at least 4 members (excludes halogenated alkanes) is 1. The lowest BCUT2D eigenvalue weighted by molar-refractivity contribution is -0.385. The van der Waals surface area contributed by atoms with Crippen molar-refractivity contribution in [1.82, 2.24) is 14.8 Å². The summed E-state index contributed by atoms with van der Waals surface area (Å²) in [5, 5.41) is 13.4. The Morgan fingerprint density at radius 3 is 2.49 bits per heavy atom. The smallest absolute Gasteiger partial charge is 0.273 e. The molecule has 3 aromatic carbocycles. The van der Waals surface area contributed by atoms with Crippen LogP contribution in [0, 0.1) is 17.0 Å². The van der Waals surface area contributed by atoms with Crippen LogP contribution in [0.4, 0.5) is 5.69 Å². The molecule has 0 saturated heterocycles. The van der Waals surface area contributed by atoms with Gasteiger partial charge in [-0.05, 0) is 55.2 Å². The van der Waals surface area contributed by atoms with Gasteiger partial charge in [-0.25, -0.2) is 0 Å². The Labute approximate surface area is 249 Å². The second kappa shape index (κ2) is 13.7. The van der Waals surface area contributed by atoms with Crippen LogP contribution in [0.25, 0.3) is 10.9 Å². The highest BCUT2D eigenvalue weighted by Crippen LogP contribution is 2.25. The zero-order valence-corrected chi connectivity index (χ0v) is 24.5. The van der Waals surface area contributed by atoms with Crippen LogP contribution in [0.2, 0.25) is 10.0 Å². The Hall–Kier alpha value is -3.88. The fourth-order valence-electron chi connectivity index (χ4n) is 4.73. The van der Waals surface area contributed by atoms with Crippen LogP contribution in [-0.2, 0) is 17.8 Å². The van der Waals surface area contributed by atoms with E-state index in [1.54, 1.807) is 36.1 Å². The van der Waals surface area contributed by atoms with Crippen molar-refractivity contribution < 1.29 is 14.5 Å². The Morgan fingerprint density at radius 1 is 0.976 bits per heavy atom. The SMILES string of the molecule is CCCCN(CC(=O)N(CCc1c[nH]c2ccccc12)Cc1ccc(Cl)c(Cl)c1)C(=O)c1ccc(C)c([N+](=O)[O-])c1. The molecule has 4 rings (SSSR count). The second-order valence-electron chi connectivity index (χ2n) is 10.0. The molecule has 1 aromatic heterocycles. The first-order valence-corrected chi connectivity index (χ1v) is 14.2. The molecule has 2 amide bonds. The number of hydrogen-bond donors (Lipinski definition) is 1. The third kappa shape index (κ3) is 7.45. The number of nitro benzene ring substituents is 1. The van der Waals surface area contributed by atoms with Gasteiger partial charge < -0.3 is 14.8 Å². The molecule has 0 unspecified atom stereocenters. The van der Waals surface area contributed by atoms with E-state index in [2.05, 4.69) is 4.98 Å². The molecule has 0 aliphatic heterocycles. The summed E-state index contributed by atoms with van der Waals surface area (Å²) in [6.45, 7) is 4.51. The van der Waals surface area contributed by atoms with Crippen molar-refractivity contribution in [3.8, 4) is 0 Å². The highest BCUT2D eigenvalue weighted by molar-refractivity contribution is 6.42. The van der Waals surface area contributed by atoms with E-state index < -0.39 is 10.8 Å². The lowest BCUT2D eigenvalue weighted by Gasteiger charge is -2.28. The van der Waals surface area contributed by atoms with Crippen LogP contribution in [0.3, 0.4) is 0 Å². The molecule has 0 bridgehead atoms. The fourth-order valence-corrected chi connectivity index (χ4v) is 5.05. The van der Waals surface area contributed by atoms with Crippen molar-refractivity contribution in [2.45, 2.75) is 39.7 Å². The summed E-state index contributed by atoms with van der Waals surface area (Å²) >= 11 is 12.4. The molecular formula is C31H32Cl2N4O4. The van der Waals surface area contributed by atoms with Crippen molar-refractivity contribution >= 4 is 51.6 Å². The maximum Gasteiger partial charge on any atom is 0.273 e. The Morgan fingerprint density at radius 2 is 1.76 bits per heavy atom. The Bertz CT molecular complexity index is 1570. The van der Waals surface area contributed by atoms with Gasteiger partial charge >= 0.3 is 0 Å². The maximum absolute atomic E-state index is 13.8. The molecule has 0 fully saturated rings. The van der Waals surface area contributed by atoms with Gasteiger partial charge in [0.15, 0.2) is 0 Å². The van der Waals surface area contributed by atoms with Crippen LogP contribution in [-0.4, -0.2) is 51.2 Å². The molecule has 0 aliphatic rings. The standard InChI is InChI=1S/C31H32Cl2N4O4/c1-3-4-14-36(31(39)23-11-9-21(2)29(17-23)37(40)41)20-30(38)35(19-22-10-12-26(32)27(33)16-22)15-13-24-18-34-28-8-6-5-7-25(24)28/h5-12,16-18,34H,3-4,13-15,19-20H2,1-2H3. The predicted molar refractivity (Wildman–Crippen MR) is 163 cm³/mol. The molecule has 4 aromatic rings. The molecule has 0 atom stereocenters. The number of aromatic amines is 1. The first-order valence-electron chi connectivity index (χ1n) is 13.5. The number of hydrogen-bond acceptors (Lipinski definition) is 4. The number of benzene rings is 3. The minimum Gasteiger partial charge on any atom is -0.361 e. The first-order chi connectivity index (χ1) is 19.7. The maximum atomic E-state index is 13.8. The van der Waals surface area contributed by atoms with E-state index in [9.17, 15) is 19.7 Å². The van der Waals surface area contributed by atoms with Gasteiger partial charge in [-0.2, -0.15) is 0 Å². The van der Waals surface area contributed by atoms with E-state index in [0.29, 0.717) is 41.5 Å². The number of nitro groups is 1. The van der Waals surface area contributed by atoms with E-state index in [4.69, 9.17) is 23.2 Å². The number of nitrogens with zero attached hydrogens (tertiary/aromatic N) is 3. The summed E-state index contributed by atoms with van der Waals surface area (Å²) in [6, 6.07) is 17.7. The summed E-state index contributed by atoms with van der Waals surface area (Å²) in [6.07, 6.45) is 4.06. The monoisotopic (exact) mass is 594 g/mol. The summed E-state index contributed by atoms with van der Waals surface area (Å²) in [5.74, 6) is -0.650. The van der Waals surface area contributed by atoms with Crippen molar-refractivity contribution in [2.75, 3.05) is 19.6 Å². The molecule has 10 heteroatoms. The molecule has 41 heavy (non-hydrogen) atoms. The average Bonchev–Trinajstić information content (AvgIpc) is 3.37. The van der Waals surface area contributed by atoms with Crippen molar-refractivity contribution in [2.24, 2.45) is 0 Å². The molecule has 0 spiro atoms. The number of para-hydroxylation sites is 1. The molecule has 1 N–H and O–H groups in total. The van der Waals surface area contributed by atoms with Crippen LogP contribution in [0.15, 0.2) is 66.9 Å². The Balaban J connectivity index is 1.59. The largest absolute Gasteiger partial charge is 0.361 e. The number of rotatable bonds is 12. The average molecular weight is 596 g/mol. The number of halogens is 2. The number of carbonyl (C=O) groups is 2. The molecular weight excluding hydrogens is 563 g/mol. The van der Waals surface area contributed by atoms with Gasteiger partial charge in [0.1, 0.15) is 6.54 Å². The fraction of sp³-hybridized carbons (Fsp3) is 0.290. The number of aromatic nitrogens is 1. The van der Waals surface area contributed by atoms with Crippen LogP contribution >= 0.6 is 23.2 Å². The quantitative estimate of drug-likeness (QED) is 0.138. The lowest BCUT2D eigenvalue weighted by Crippen LogP contribution is -2.43. The molecule has 8 nitrogen and oxygen atoms in total. The van der Waals surface area contributed by atoms with E-state index in [1.165, 1.54) is 11.0 Å². The Kier molecular flexibility index (Phi) is 10.0. The first kappa shape index (κ1) is 30.1. The third-order valence-corrected chi connectivity index (χ3v) is 7.82. The zero-order chi connectivity index (χ0) is 29.5. The molecule has 1 heterocycles. The van der Waals surface area contributed by atoms with Crippen LogP contribution in [0.5, 0.6) is 0 Å². The van der Waals surface area contributed by atoms with Crippen molar-refractivity contribution in [1.29, 1.82) is 0 Å². The highest BCUT2D eigenvalue weighted by Gasteiger charge is 2.24. The lowest BCUT2D eigenvalue weighted by atomic mass is 10.1. The zero-order valence-electron chi connectivity index (χ0n) is 23.0.